The Kier molecular flexibility index (Phi) is 4.23. The van der Waals surface area contributed by atoms with E-state index in [2.05, 4.69) is 30.8 Å². The first-order valence-corrected chi connectivity index (χ1v) is 9.64. The van der Waals surface area contributed by atoms with Crippen LogP contribution in [0.25, 0.3) is 16.9 Å². The SMILES string of the molecule is Cc1cc(-c2cnc3c(NCc4cn[nH]c4)nccn23)ccc1C(=O)NC1CC1. The summed E-state index contributed by atoms with van der Waals surface area (Å²) in [4.78, 5) is 21.4. The molecule has 3 heterocycles. The van der Waals surface area contributed by atoms with Gasteiger partial charge < -0.3 is 10.6 Å². The zero-order valence-corrected chi connectivity index (χ0v) is 16.0. The second-order valence-electron chi connectivity index (χ2n) is 7.35. The molecular weight excluding hydrogens is 366 g/mol. The molecule has 0 spiro atoms. The van der Waals surface area contributed by atoms with Crippen molar-refractivity contribution in [2.75, 3.05) is 5.32 Å². The lowest BCUT2D eigenvalue weighted by Crippen LogP contribution is -2.26. The van der Waals surface area contributed by atoms with E-state index in [1.807, 2.05) is 48.1 Å². The molecule has 8 nitrogen and oxygen atoms in total. The number of H-pyrrole nitrogens is 1. The highest BCUT2D eigenvalue weighted by atomic mass is 16.1. The highest BCUT2D eigenvalue weighted by Gasteiger charge is 2.24. The zero-order chi connectivity index (χ0) is 19.8. The molecule has 0 saturated heterocycles. The number of amides is 1. The Bertz CT molecular complexity index is 1180. The molecule has 4 aromatic rings. The number of carbonyl (C=O) groups is 1. The van der Waals surface area contributed by atoms with E-state index in [9.17, 15) is 4.79 Å². The monoisotopic (exact) mass is 387 g/mol. The van der Waals surface area contributed by atoms with E-state index in [1.54, 1.807) is 12.4 Å². The molecule has 1 aliphatic rings. The van der Waals surface area contributed by atoms with Crippen molar-refractivity contribution in [1.82, 2.24) is 29.9 Å². The van der Waals surface area contributed by atoms with Crippen molar-refractivity contribution in [2.45, 2.75) is 32.4 Å². The summed E-state index contributed by atoms with van der Waals surface area (Å²) in [5.41, 5.74) is 5.41. The fourth-order valence-corrected chi connectivity index (χ4v) is 3.39. The van der Waals surface area contributed by atoms with Gasteiger partial charge in [0.2, 0.25) is 0 Å². The van der Waals surface area contributed by atoms with Crippen LogP contribution in [0.4, 0.5) is 5.82 Å². The van der Waals surface area contributed by atoms with Crippen LogP contribution in [0.3, 0.4) is 0 Å². The average Bonchev–Trinajstić information content (AvgIpc) is 3.20. The normalized spacial score (nSPS) is 13.6. The van der Waals surface area contributed by atoms with Gasteiger partial charge in [-0.05, 0) is 37.5 Å². The molecule has 3 N–H and O–H groups in total. The predicted octanol–water partition coefficient (Wildman–Crippen LogP) is 2.93. The van der Waals surface area contributed by atoms with E-state index in [1.165, 1.54) is 0 Å². The third-order valence-corrected chi connectivity index (χ3v) is 5.12. The van der Waals surface area contributed by atoms with Gasteiger partial charge in [-0.3, -0.25) is 14.3 Å². The van der Waals surface area contributed by atoms with Crippen molar-refractivity contribution in [3.05, 3.63) is 65.9 Å². The van der Waals surface area contributed by atoms with Gasteiger partial charge in [0.1, 0.15) is 0 Å². The lowest BCUT2D eigenvalue weighted by Gasteiger charge is -2.10. The number of imidazole rings is 1. The van der Waals surface area contributed by atoms with Crippen LogP contribution in [0.5, 0.6) is 0 Å². The van der Waals surface area contributed by atoms with Gasteiger partial charge in [-0.15, -0.1) is 0 Å². The minimum atomic E-state index is 0.00428. The highest BCUT2D eigenvalue weighted by molar-refractivity contribution is 5.96. The van der Waals surface area contributed by atoms with Crippen molar-refractivity contribution in [2.24, 2.45) is 0 Å². The Balaban J connectivity index is 1.43. The van der Waals surface area contributed by atoms with Crippen LogP contribution in [0.1, 0.15) is 34.3 Å². The minimum absolute atomic E-state index is 0.00428. The largest absolute Gasteiger partial charge is 0.363 e. The fourth-order valence-electron chi connectivity index (χ4n) is 3.39. The number of hydrogen-bond acceptors (Lipinski definition) is 5. The Labute approximate surface area is 167 Å². The lowest BCUT2D eigenvalue weighted by molar-refractivity contribution is 0.0950. The molecule has 0 aliphatic heterocycles. The summed E-state index contributed by atoms with van der Waals surface area (Å²) < 4.78 is 2.00. The number of aromatic nitrogens is 5. The molecule has 1 saturated carbocycles. The number of nitrogens with zero attached hydrogens (tertiary/aromatic N) is 4. The van der Waals surface area contributed by atoms with E-state index < -0.39 is 0 Å². The van der Waals surface area contributed by atoms with E-state index in [0.29, 0.717) is 18.4 Å². The van der Waals surface area contributed by atoms with Crippen molar-refractivity contribution >= 4 is 17.4 Å². The predicted molar refractivity (Wildman–Crippen MR) is 110 cm³/mol. The van der Waals surface area contributed by atoms with Crippen molar-refractivity contribution in [3.63, 3.8) is 0 Å². The molecule has 0 atom stereocenters. The molecular formula is C21H21N7O. The van der Waals surface area contributed by atoms with Crippen LogP contribution in [0.15, 0.2) is 49.2 Å². The Hall–Kier alpha value is -3.68. The summed E-state index contributed by atoms with van der Waals surface area (Å²) in [5.74, 6) is 0.710. The van der Waals surface area contributed by atoms with Gasteiger partial charge in [0, 0.05) is 47.9 Å². The molecule has 146 valence electrons. The van der Waals surface area contributed by atoms with Gasteiger partial charge in [0.25, 0.3) is 5.91 Å². The Morgan fingerprint density at radius 1 is 1.28 bits per heavy atom. The summed E-state index contributed by atoms with van der Waals surface area (Å²) in [7, 11) is 0. The molecule has 29 heavy (non-hydrogen) atoms. The van der Waals surface area contributed by atoms with E-state index in [0.717, 1.165) is 46.4 Å². The van der Waals surface area contributed by atoms with Gasteiger partial charge in [0.05, 0.1) is 18.1 Å². The van der Waals surface area contributed by atoms with Crippen LogP contribution in [0.2, 0.25) is 0 Å². The molecule has 1 aliphatic carbocycles. The molecule has 8 heteroatoms. The van der Waals surface area contributed by atoms with Gasteiger partial charge in [-0.2, -0.15) is 5.10 Å². The average molecular weight is 387 g/mol. The van der Waals surface area contributed by atoms with Crippen molar-refractivity contribution in [1.29, 1.82) is 0 Å². The lowest BCUT2D eigenvalue weighted by atomic mass is 10.0. The maximum absolute atomic E-state index is 12.4. The highest BCUT2D eigenvalue weighted by Crippen LogP contribution is 2.26. The summed E-state index contributed by atoms with van der Waals surface area (Å²) in [6, 6.07) is 6.24. The molecule has 0 bridgehead atoms. The standard InChI is InChI=1S/C21H21N7O/c1-13-8-15(2-5-17(13)21(29)27-16-3-4-16)18-12-24-20-19(22-6-7-28(18)20)23-9-14-10-25-26-11-14/h2,5-8,10-12,16H,3-4,9H2,1H3,(H,22,23)(H,25,26)(H,27,29). The number of rotatable bonds is 6. The number of aryl methyl sites for hydroxylation is 1. The topological polar surface area (TPSA) is 100 Å². The van der Waals surface area contributed by atoms with Gasteiger partial charge in [0.15, 0.2) is 11.5 Å². The molecule has 1 fully saturated rings. The van der Waals surface area contributed by atoms with Crippen molar-refractivity contribution < 1.29 is 4.79 Å². The first-order chi connectivity index (χ1) is 14.2. The fraction of sp³-hybridized carbons (Fsp3) is 0.238. The second kappa shape index (κ2) is 7.05. The van der Waals surface area contributed by atoms with Crippen LogP contribution >= 0.6 is 0 Å². The zero-order valence-electron chi connectivity index (χ0n) is 16.0. The number of fused-ring (bicyclic) bond motifs is 1. The van der Waals surface area contributed by atoms with Crippen molar-refractivity contribution in [3.8, 4) is 11.3 Å². The van der Waals surface area contributed by atoms with E-state index in [4.69, 9.17) is 0 Å². The molecule has 5 rings (SSSR count). The first-order valence-electron chi connectivity index (χ1n) is 9.64. The molecule has 0 radical (unpaired) electrons. The summed E-state index contributed by atoms with van der Waals surface area (Å²) in [6.07, 6.45) is 11.2. The van der Waals surface area contributed by atoms with Gasteiger partial charge in [-0.25, -0.2) is 9.97 Å². The number of aromatic amines is 1. The Morgan fingerprint density at radius 2 is 2.17 bits per heavy atom. The van der Waals surface area contributed by atoms with E-state index in [-0.39, 0.29) is 5.91 Å². The van der Waals surface area contributed by atoms with E-state index >= 15 is 0 Å². The maximum Gasteiger partial charge on any atom is 0.251 e. The number of hydrogen-bond donors (Lipinski definition) is 3. The molecule has 1 aromatic carbocycles. The summed E-state index contributed by atoms with van der Waals surface area (Å²) in [5, 5.41) is 13.1. The molecule has 1 amide bonds. The summed E-state index contributed by atoms with van der Waals surface area (Å²) in [6.45, 7) is 2.57. The third kappa shape index (κ3) is 3.44. The van der Waals surface area contributed by atoms with Gasteiger partial charge >= 0.3 is 0 Å². The minimum Gasteiger partial charge on any atom is -0.363 e. The Morgan fingerprint density at radius 3 is 2.93 bits per heavy atom. The number of benzene rings is 1. The van der Waals surface area contributed by atoms with Crippen LogP contribution in [-0.2, 0) is 6.54 Å². The molecule has 0 unspecified atom stereocenters. The quantitative estimate of drug-likeness (QED) is 0.472. The third-order valence-electron chi connectivity index (χ3n) is 5.12. The number of anilines is 1. The van der Waals surface area contributed by atoms with Crippen LogP contribution in [0, 0.1) is 6.92 Å². The number of carbonyl (C=O) groups excluding carboxylic acids is 1. The summed E-state index contributed by atoms with van der Waals surface area (Å²) >= 11 is 0. The molecule has 3 aromatic heterocycles. The van der Waals surface area contributed by atoms with Crippen LogP contribution < -0.4 is 10.6 Å². The maximum atomic E-state index is 12.4. The number of nitrogens with one attached hydrogen (secondary N) is 3. The second-order valence-corrected chi connectivity index (χ2v) is 7.35. The smallest absolute Gasteiger partial charge is 0.251 e. The van der Waals surface area contributed by atoms with Crippen LogP contribution in [-0.4, -0.2) is 36.5 Å². The first kappa shape index (κ1) is 17.4. The van der Waals surface area contributed by atoms with Gasteiger partial charge in [-0.1, -0.05) is 6.07 Å².